The number of hydrogen-bond donors (Lipinski definition) is 3. The fourth-order valence-electron chi connectivity index (χ4n) is 2.42. The van der Waals surface area contributed by atoms with Crippen LogP contribution in [0.5, 0.6) is 0 Å². The summed E-state index contributed by atoms with van der Waals surface area (Å²) in [4.78, 5) is 22.6. The number of urea groups is 1. The van der Waals surface area contributed by atoms with E-state index in [9.17, 15) is 9.59 Å². The van der Waals surface area contributed by atoms with Gasteiger partial charge in [0.2, 0.25) is 0 Å². The van der Waals surface area contributed by atoms with E-state index in [-0.39, 0.29) is 12.5 Å². The Morgan fingerprint density at radius 1 is 1.28 bits per heavy atom. The lowest BCUT2D eigenvalue weighted by Gasteiger charge is -2.36. The van der Waals surface area contributed by atoms with E-state index in [1.165, 1.54) is 0 Å². The molecule has 1 aliphatic rings. The highest BCUT2D eigenvalue weighted by Gasteiger charge is 2.35. The minimum atomic E-state index is -0.867. The maximum atomic E-state index is 11.7. The molecule has 0 saturated heterocycles. The van der Waals surface area contributed by atoms with E-state index < -0.39 is 11.5 Å². The second kappa shape index (κ2) is 7.20. The first-order valence-electron chi connectivity index (χ1n) is 6.35. The van der Waals surface area contributed by atoms with E-state index in [1.807, 2.05) is 0 Å². The Bertz CT molecular complexity index is 288. The first kappa shape index (κ1) is 14.8. The van der Waals surface area contributed by atoms with Crippen LogP contribution in [0.15, 0.2) is 0 Å². The zero-order valence-electron chi connectivity index (χ0n) is 10.8. The van der Waals surface area contributed by atoms with Crippen molar-refractivity contribution in [3.63, 3.8) is 0 Å². The number of hydrogen-bond acceptors (Lipinski definition) is 3. The van der Waals surface area contributed by atoms with Crippen LogP contribution in [0.1, 0.15) is 38.5 Å². The van der Waals surface area contributed by atoms with Crippen molar-refractivity contribution < 1.29 is 19.4 Å². The Kier molecular flexibility index (Phi) is 5.91. The van der Waals surface area contributed by atoms with E-state index in [1.54, 1.807) is 7.11 Å². The summed E-state index contributed by atoms with van der Waals surface area (Å²) < 4.78 is 4.84. The van der Waals surface area contributed by atoms with Crippen molar-refractivity contribution in [1.29, 1.82) is 0 Å². The number of carbonyl (C=O) groups is 2. The van der Waals surface area contributed by atoms with Crippen LogP contribution in [0, 0.1) is 0 Å². The first-order valence-corrected chi connectivity index (χ1v) is 6.35. The van der Waals surface area contributed by atoms with Gasteiger partial charge in [0.15, 0.2) is 0 Å². The summed E-state index contributed by atoms with van der Waals surface area (Å²) in [5, 5.41) is 14.5. The molecule has 0 radical (unpaired) electrons. The molecule has 0 atom stereocenters. The van der Waals surface area contributed by atoms with Gasteiger partial charge < -0.3 is 20.5 Å². The van der Waals surface area contributed by atoms with Gasteiger partial charge in [-0.1, -0.05) is 19.3 Å². The highest BCUT2D eigenvalue weighted by molar-refractivity contribution is 5.76. The summed E-state index contributed by atoms with van der Waals surface area (Å²) in [5.41, 5.74) is -0.582. The average molecular weight is 258 g/mol. The lowest BCUT2D eigenvalue weighted by molar-refractivity contribution is -0.139. The molecule has 1 rings (SSSR count). The van der Waals surface area contributed by atoms with Crippen molar-refractivity contribution in [1.82, 2.24) is 10.6 Å². The molecule has 0 aliphatic heterocycles. The number of carbonyl (C=O) groups excluding carboxylic acids is 1. The summed E-state index contributed by atoms with van der Waals surface area (Å²) in [6, 6.07) is -0.310. The van der Waals surface area contributed by atoms with Crippen LogP contribution in [0.4, 0.5) is 4.79 Å². The molecule has 0 bridgehead atoms. The van der Waals surface area contributed by atoms with Crippen LogP contribution in [-0.4, -0.2) is 42.9 Å². The molecule has 1 saturated carbocycles. The molecule has 1 aliphatic carbocycles. The summed E-state index contributed by atoms with van der Waals surface area (Å²) in [7, 11) is 1.56. The molecule has 104 valence electrons. The quantitative estimate of drug-likeness (QED) is 0.623. The Morgan fingerprint density at radius 3 is 2.50 bits per heavy atom. The zero-order chi connectivity index (χ0) is 13.4. The smallest absolute Gasteiger partial charge is 0.315 e. The number of nitrogens with one attached hydrogen (secondary N) is 2. The van der Waals surface area contributed by atoms with Crippen molar-refractivity contribution in [2.75, 3.05) is 20.3 Å². The van der Waals surface area contributed by atoms with Crippen LogP contribution >= 0.6 is 0 Å². The van der Waals surface area contributed by atoms with Gasteiger partial charge in [-0.05, 0) is 12.8 Å². The molecule has 6 nitrogen and oxygen atoms in total. The van der Waals surface area contributed by atoms with Gasteiger partial charge in [-0.25, -0.2) is 4.79 Å². The lowest BCUT2D eigenvalue weighted by atomic mass is 9.79. The van der Waals surface area contributed by atoms with Crippen LogP contribution in [0.2, 0.25) is 0 Å². The predicted octanol–water partition coefficient (Wildman–Crippen LogP) is 1.11. The third-order valence-corrected chi connectivity index (χ3v) is 3.27. The van der Waals surface area contributed by atoms with Gasteiger partial charge in [-0.2, -0.15) is 0 Å². The second-order valence-electron chi connectivity index (χ2n) is 4.79. The van der Waals surface area contributed by atoms with Crippen LogP contribution in [0.3, 0.4) is 0 Å². The molecule has 0 unspecified atom stereocenters. The SMILES string of the molecule is COCCNC(=O)NC1(CC(=O)O)CCCCC1. The molecule has 0 heterocycles. The number of amides is 2. The van der Waals surface area contributed by atoms with Crippen molar-refractivity contribution in [3.8, 4) is 0 Å². The molecule has 0 aromatic heterocycles. The van der Waals surface area contributed by atoms with Crippen LogP contribution in [-0.2, 0) is 9.53 Å². The monoisotopic (exact) mass is 258 g/mol. The molecule has 1 fully saturated rings. The fourth-order valence-corrected chi connectivity index (χ4v) is 2.42. The minimum absolute atomic E-state index is 0.00923. The number of ether oxygens (including phenoxy) is 1. The van der Waals surface area contributed by atoms with Gasteiger partial charge in [-0.3, -0.25) is 4.79 Å². The van der Waals surface area contributed by atoms with Crippen molar-refractivity contribution >= 4 is 12.0 Å². The number of aliphatic carboxylic acids is 1. The standard InChI is InChI=1S/C12H22N2O4/c1-18-8-7-13-11(17)14-12(9-10(15)16)5-3-2-4-6-12/h2-9H2,1H3,(H,15,16)(H2,13,14,17). The molecule has 18 heavy (non-hydrogen) atoms. The van der Waals surface area contributed by atoms with Crippen molar-refractivity contribution in [3.05, 3.63) is 0 Å². The third kappa shape index (κ3) is 4.91. The van der Waals surface area contributed by atoms with E-state index in [0.29, 0.717) is 13.2 Å². The van der Waals surface area contributed by atoms with E-state index in [2.05, 4.69) is 10.6 Å². The molecule has 0 aromatic rings. The van der Waals surface area contributed by atoms with Crippen LogP contribution < -0.4 is 10.6 Å². The Morgan fingerprint density at radius 2 is 1.94 bits per heavy atom. The molecular weight excluding hydrogens is 236 g/mol. The van der Waals surface area contributed by atoms with Gasteiger partial charge in [0.05, 0.1) is 18.6 Å². The normalized spacial score (nSPS) is 18.1. The van der Waals surface area contributed by atoms with Gasteiger partial charge in [-0.15, -0.1) is 0 Å². The maximum Gasteiger partial charge on any atom is 0.315 e. The summed E-state index contributed by atoms with van der Waals surface area (Å²) in [6.07, 6.45) is 4.49. The average Bonchev–Trinajstić information content (AvgIpc) is 2.29. The third-order valence-electron chi connectivity index (χ3n) is 3.27. The Balaban J connectivity index is 2.49. The Labute approximate surface area is 107 Å². The second-order valence-corrected chi connectivity index (χ2v) is 4.79. The predicted molar refractivity (Wildman–Crippen MR) is 66.5 cm³/mol. The largest absolute Gasteiger partial charge is 0.481 e. The summed E-state index contributed by atoms with van der Waals surface area (Å²) >= 11 is 0. The number of carboxylic acids is 1. The van der Waals surface area contributed by atoms with Crippen molar-refractivity contribution in [2.24, 2.45) is 0 Å². The molecule has 6 heteroatoms. The highest BCUT2D eigenvalue weighted by atomic mass is 16.5. The number of rotatable bonds is 6. The van der Waals surface area contributed by atoms with E-state index >= 15 is 0 Å². The molecular formula is C12H22N2O4. The van der Waals surface area contributed by atoms with Gasteiger partial charge in [0, 0.05) is 13.7 Å². The van der Waals surface area contributed by atoms with Gasteiger partial charge >= 0.3 is 12.0 Å². The molecule has 0 spiro atoms. The number of carboxylic acid groups (broad SMARTS) is 1. The van der Waals surface area contributed by atoms with Gasteiger partial charge in [0.25, 0.3) is 0 Å². The van der Waals surface area contributed by atoms with Crippen LogP contribution in [0.25, 0.3) is 0 Å². The molecule has 2 amide bonds. The van der Waals surface area contributed by atoms with Gasteiger partial charge in [0.1, 0.15) is 0 Å². The van der Waals surface area contributed by atoms with E-state index in [4.69, 9.17) is 9.84 Å². The molecule has 3 N–H and O–H groups in total. The minimum Gasteiger partial charge on any atom is -0.481 e. The van der Waals surface area contributed by atoms with Crippen molar-refractivity contribution in [2.45, 2.75) is 44.1 Å². The number of methoxy groups -OCH3 is 1. The topological polar surface area (TPSA) is 87.7 Å². The maximum absolute atomic E-state index is 11.7. The fraction of sp³-hybridized carbons (Fsp3) is 0.833. The zero-order valence-corrected chi connectivity index (χ0v) is 10.8. The Hall–Kier alpha value is -1.30. The van der Waals surface area contributed by atoms with E-state index in [0.717, 1.165) is 32.1 Å². The highest BCUT2D eigenvalue weighted by Crippen LogP contribution is 2.31. The lowest BCUT2D eigenvalue weighted by Crippen LogP contribution is -2.54. The summed E-state index contributed by atoms with van der Waals surface area (Å²) in [6.45, 7) is 0.866. The molecule has 0 aromatic carbocycles. The first-order chi connectivity index (χ1) is 8.58. The summed E-state index contributed by atoms with van der Waals surface area (Å²) in [5.74, 6) is -0.867.